The van der Waals surface area contributed by atoms with E-state index in [0.717, 1.165) is 15.3 Å². The second-order valence-corrected chi connectivity index (χ2v) is 3.13. The summed E-state index contributed by atoms with van der Waals surface area (Å²) >= 11 is -2.26. The molecule has 0 bridgehead atoms. The quantitative estimate of drug-likeness (QED) is 0.559. The van der Waals surface area contributed by atoms with Gasteiger partial charge in [-0.05, 0) is 0 Å². The van der Waals surface area contributed by atoms with Gasteiger partial charge in [0.15, 0.2) is 0 Å². The first kappa shape index (κ1) is 6.96. The molecule has 1 aliphatic heterocycles. The lowest BCUT2D eigenvalue weighted by Gasteiger charge is -2.02. The summed E-state index contributed by atoms with van der Waals surface area (Å²) < 4.78 is 21.7. The lowest BCUT2D eigenvalue weighted by Crippen LogP contribution is -2.08. The summed E-state index contributed by atoms with van der Waals surface area (Å²) in [5, 5.41) is 6.89. The van der Waals surface area contributed by atoms with E-state index in [1.54, 1.807) is 0 Å². The molecule has 1 N–H and O–H groups in total. The van der Waals surface area contributed by atoms with Crippen LogP contribution in [0.5, 0.6) is 0 Å². The van der Waals surface area contributed by atoms with Crippen molar-refractivity contribution in [1.29, 1.82) is 0 Å². The van der Waals surface area contributed by atoms with Gasteiger partial charge < -0.3 is 9.87 Å². The first-order valence-electron chi connectivity index (χ1n) is 3.15. The van der Waals surface area contributed by atoms with E-state index in [1.807, 2.05) is 0 Å². The van der Waals surface area contributed by atoms with Gasteiger partial charge in [0.1, 0.15) is 0 Å². The van der Waals surface area contributed by atoms with Crippen LogP contribution in [0.1, 0.15) is 11.3 Å². The molecule has 2 heterocycles. The lowest BCUT2D eigenvalue weighted by atomic mass is 10.3. The Kier molecular flexibility index (Phi) is 1.52. The summed E-state index contributed by atoms with van der Waals surface area (Å²) in [5.41, 5.74) is 1.79. The first-order valence-corrected chi connectivity index (χ1v) is 4.18. The molecule has 1 aromatic heterocycles. The van der Waals surface area contributed by atoms with Gasteiger partial charge in [-0.2, -0.15) is 9.19 Å². The largest absolute Gasteiger partial charge is 0.754 e. The Morgan fingerprint density at radius 1 is 1.73 bits per heavy atom. The van der Waals surface area contributed by atoms with Crippen molar-refractivity contribution < 1.29 is 8.76 Å². The molecule has 0 radical (unpaired) electrons. The Balaban J connectivity index is 2.42. The van der Waals surface area contributed by atoms with Crippen molar-refractivity contribution in [1.82, 2.24) is 14.5 Å². The van der Waals surface area contributed by atoms with Gasteiger partial charge in [0.05, 0.1) is 17.0 Å². The lowest BCUT2D eigenvalue weighted by molar-refractivity contribution is 0.519. The highest BCUT2D eigenvalue weighted by molar-refractivity contribution is 7.77. The maximum absolute atomic E-state index is 10.4. The molecular formula is C5H6N3O2S-. The van der Waals surface area contributed by atoms with Gasteiger partial charge in [0.2, 0.25) is 0 Å². The summed E-state index contributed by atoms with van der Waals surface area (Å²) in [6.07, 6.45) is 1.53. The van der Waals surface area contributed by atoms with Gasteiger partial charge in [-0.15, -0.1) is 0 Å². The Morgan fingerprint density at radius 2 is 2.55 bits per heavy atom. The molecule has 0 amide bonds. The number of rotatable bonds is 1. The minimum absolute atomic E-state index is 0.666. The SMILES string of the molecule is O=S([O-])n1cc2c(n1)CNC2. The molecular weight excluding hydrogens is 166 g/mol. The van der Waals surface area contributed by atoms with Crippen LogP contribution in [0.3, 0.4) is 0 Å². The van der Waals surface area contributed by atoms with Gasteiger partial charge >= 0.3 is 0 Å². The Bertz CT molecular complexity index is 287. The highest BCUT2D eigenvalue weighted by atomic mass is 32.2. The van der Waals surface area contributed by atoms with Gasteiger partial charge in [0, 0.05) is 24.8 Å². The Labute approximate surface area is 65.8 Å². The topological polar surface area (TPSA) is 70.0 Å². The Morgan fingerprint density at radius 3 is 3.18 bits per heavy atom. The molecule has 1 aliphatic rings. The van der Waals surface area contributed by atoms with Crippen LogP contribution in [0.25, 0.3) is 0 Å². The Hall–Kier alpha value is -0.720. The minimum atomic E-state index is -2.26. The fourth-order valence-electron chi connectivity index (χ4n) is 1.11. The second kappa shape index (κ2) is 2.40. The standard InChI is InChI=1S/C5H7N3O2S/c9-11(10)8-3-4-1-6-2-5(4)7-8/h3,6H,1-2H2,(H,9,10)/p-1. The summed E-state index contributed by atoms with van der Waals surface area (Å²) in [4.78, 5) is 0. The van der Waals surface area contributed by atoms with Crippen molar-refractivity contribution in [2.45, 2.75) is 13.1 Å². The number of hydrogen-bond acceptors (Lipinski definition) is 4. The van der Waals surface area contributed by atoms with Crippen molar-refractivity contribution >= 4 is 11.3 Å². The van der Waals surface area contributed by atoms with Crippen LogP contribution in [0.2, 0.25) is 0 Å². The molecule has 0 saturated heterocycles. The number of nitrogens with one attached hydrogen (secondary N) is 1. The maximum atomic E-state index is 10.4. The third-order valence-corrected chi connectivity index (χ3v) is 2.11. The minimum Gasteiger partial charge on any atom is -0.754 e. The normalized spacial score (nSPS) is 18.3. The molecule has 1 unspecified atom stereocenters. The average Bonchev–Trinajstić information content (AvgIpc) is 2.40. The fraction of sp³-hybridized carbons (Fsp3) is 0.400. The van der Waals surface area contributed by atoms with Crippen LogP contribution in [-0.2, 0) is 24.4 Å². The molecule has 6 heteroatoms. The van der Waals surface area contributed by atoms with Crippen LogP contribution in [0.4, 0.5) is 0 Å². The van der Waals surface area contributed by atoms with E-state index in [1.165, 1.54) is 6.20 Å². The molecule has 1 aromatic rings. The predicted octanol–water partition coefficient (Wildman–Crippen LogP) is -0.871. The summed E-state index contributed by atoms with van der Waals surface area (Å²) in [7, 11) is 0. The molecule has 5 nitrogen and oxygen atoms in total. The van der Waals surface area contributed by atoms with Crippen LogP contribution in [-0.4, -0.2) is 17.9 Å². The molecule has 2 rings (SSSR count). The van der Waals surface area contributed by atoms with E-state index in [2.05, 4.69) is 10.4 Å². The molecule has 0 aliphatic carbocycles. The van der Waals surface area contributed by atoms with E-state index in [4.69, 9.17) is 0 Å². The number of fused-ring (bicyclic) bond motifs is 1. The highest BCUT2D eigenvalue weighted by Gasteiger charge is 2.13. The average molecular weight is 172 g/mol. The number of aromatic nitrogens is 2. The molecule has 11 heavy (non-hydrogen) atoms. The number of hydrogen-bond donors (Lipinski definition) is 1. The van der Waals surface area contributed by atoms with Crippen LogP contribution in [0.15, 0.2) is 6.20 Å². The van der Waals surface area contributed by atoms with Gasteiger partial charge in [-0.1, -0.05) is 0 Å². The third-order valence-electron chi connectivity index (χ3n) is 1.62. The molecule has 0 aromatic carbocycles. The number of nitrogens with zero attached hydrogens (tertiary/aromatic N) is 2. The van der Waals surface area contributed by atoms with E-state index >= 15 is 0 Å². The maximum Gasteiger partial charge on any atom is 0.0818 e. The summed E-state index contributed by atoms with van der Waals surface area (Å²) in [6.45, 7) is 1.38. The zero-order valence-corrected chi connectivity index (χ0v) is 6.43. The van der Waals surface area contributed by atoms with Gasteiger partial charge in [-0.25, -0.2) is 0 Å². The molecule has 60 valence electrons. The fourth-order valence-corrected chi connectivity index (χ4v) is 1.49. The van der Waals surface area contributed by atoms with Crippen molar-refractivity contribution in [2.75, 3.05) is 0 Å². The van der Waals surface area contributed by atoms with Crippen LogP contribution >= 0.6 is 0 Å². The van der Waals surface area contributed by atoms with Crippen molar-refractivity contribution in [3.8, 4) is 0 Å². The van der Waals surface area contributed by atoms with E-state index < -0.39 is 11.3 Å². The zero-order valence-electron chi connectivity index (χ0n) is 5.61. The van der Waals surface area contributed by atoms with E-state index in [0.29, 0.717) is 13.1 Å². The smallest absolute Gasteiger partial charge is 0.0818 e. The molecule has 0 fully saturated rings. The molecule has 1 atom stereocenters. The third kappa shape index (κ3) is 1.09. The molecule has 0 saturated carbocycles. The van der Waals surface area contributed by atoms with Crippen molar-refractivity contribution in [3.63, 3.8) is 0 Å². The summed E-state index contributed by atoms with van der Waals surface area (Å²) in [5.74, 6) is 0. The van der Waals surface area contributed by atoms with Crippen molar-refractivity contribution in [2.24, 2.45) is 0 Å². The first-order chi connectivity index (χ1) is 5.27. The van der Waals surface area contributed by atoms with Crippen LogP contribution < -0.4 is 5.32 Å². The highest BCUT2D eigenvalue weighted by Crippen LogP contribution is 2.12. The summed E-state index contributed by atoms with van der Waals surface area (Å²) in [6, 6.07) is 0. The monoisotopic (exact) mass is 172 g/mol. The predicted molar refractivity (Wildman–Crippen MR) is 37.1 cm³/mol. The second-order valence-electron chi connectivity index (χ2n) is 2.32. The van der Waals surface area contributed by atoms with Gasteiger partial charge in [0.25, 0.3) is 0 Å². The van der Waals surface area contributed by atoms with E-state index in [-0.39, 0.29) is 0 Å². The van der Waals surface area contributed by atoms with E-state index in [9.17, 15) is 8.76 Å². The van der Waals surface area contributed by atoms with Gasteiger partial charge in [-0.3, -0.25) is 4.21 Å². The molecule has 0 spiro atoms. The van der Waals surface area contributed by atoms with Crippen LogP contribution in [0, 0.1) is 0 Å². The van der Waals surface area contributed by atoms with Crippen molar-refractivity contribution in [3.05, 3.63) is 17.5 Å². The zero-order chi connectivity index (χ0) is 7.84.